The number of halogens is 1. The van der Waals surface area contributed by atoms with Crippen molar-refractivity contribution in [2.24, 2.45) is 0 Å². The first-order valence-corrected chi connectivity index (χ1v) is 11.1. The van der Waals surface area contributed by atoms with Crippen molar-refractivity contribution >= 4 is 45.1 Å². The van der Waals surface area contributed by atoms with Crippen LogP contribution in [0.3, 0.4) is 0 Å². The molecule has 1 aliphatic carbocycles. The average Bonchev–Trinajstić information content (AvgIpc) is 2.69. The first-order chi connectivity index (χ1) is 13.1. The van der Waals surface area contributed by atoms with E-state index in [-0.39, 0.29) is 17.6 Å². The second-order valence-corrected chi connectivity index (χ2v) is 8.67. The third kappa shape index (κ3) is 3.50. The van der Waals surface area contributed by atoms with Gasteiger partial charge in [-0.3, -0.25) is 14.5 Å². The van der Waals surface area contributed by atoms with Gasteiger partial charge in [0.25, 0.3) is 0 Å². The summed E-state index contributed by atoms with van der Waals surface area (Å²) >= 11 is 5.13. The number of amides is 1. The molecule has 0 radical (unpaired) electrons. The minimum absolute atomic E-state index is 0.0599. The lowest BCUT2D eigenvalue weighted by Gasteiger charge is -2.38. The Kier molecular flexibility index (Phi) is 5.24. The van der Waals surface area contributed by atoms with E-state index in [4.69, 9.17) is 0 Å². The first-order valence-electron chi connectivity index (χ1n) is 9.07. The van der Waals surface area contributed by atoms with Crippen LogP contribution in [-0.2, 0) is 9.59 Å². The molecule has 5 heteroatoms. The van der Waals surface area contributed by atoms with Crippen molar-refractivity contribution in [1.82, 2.24) is 0 Å². The second-order valence-electron chi connectivity index (χ2n) is 6.87. The largest absolute Gasteiger partial charge is 0.294 e. The molecule has 4 rings (SSSR count). The quantitative estimate of drug-likeness (QED) is 0.573. The third-order valence-corrected chi connectivity index (χ3v) is 6.55. The van der Waals surface area contributed by atoms with Crippen molar-refractivity contribution < 1.29 is 9.59 Å². The Morgan fingerprint density at radius 2 is 1.70 bits per heavy atom. The van der Waals surface area contributed by atoms with Crippen LogP contribution in [0, 0.1) is 0 Å². The number of carbonyl (C=O) groups is 2. The summed E-state index contributed by atoms with van der Waals surface area (Å²) in [6, 6.07) is 16.0. The molecular formula is C22H20BrNO2S. The topological polar surface area (TPSA) is 37.4 Å². The minimum atomic E-state index is -0.136. The van der Waals surface area contributed by atoms with E-state index in [1.54, 1.807) is 16.7 Å². The molecule has 0 saturated heterocycles. The maximum absolute atomic E-state index is 13.1. The standard InChI is InChI=1S/C22H20BrNO2S/c1-27-17-11-5-14(6-12-17)18-13-21(26)24(16-9-7-15(23)8-10-16)19-3-2-4-20(25)22(18)19/h5-12,18H,2-4,13H2,1H3. The van der Waals surface area contributed by atoms with Gasteiger partial charge in [0.15, 0.2) is 5.78 Å². The van der Waals surface area contributed by atoms with E-state index in [0.29, 0.717) is 12.8 Å². The highest BCUT2D eigenvalue weighted by atomic mass is 79.9. The predicted octanol–water partition coefficient (Wildman–Crippen LogP) is 5.70. The van der Waals surface area contributed by atoms with Gasteiger partial charge in [-0.1, -0.05) is 28.1 Å². The van der Waals surface area contributed by atoms with E-state index in [0.717, 1.165) is 39.8 Å². The Morgan fingerprint density at radius 3 is 2.37 bits per heavy atom. The van der Waals surface area contributed by atoms with Crippen LogP contribution >= 0.6 is 27.7 Å². The van der Waals surface area contributed by atoms with Crippen LogP contribution in [0.5, 0.6) is 0 Å². The molecule has 0 bridgehead atoms. The molecule has 1 unspecified atom stereocenters. The number of hydrogen-bond acceptors (Lipinski definition) is 3. The molecule has 138 valence electrons. The lowest BCUT2D eigenvalue weighted by atomic mass is 9.77. The van der Waals surface area contributed by atoms with Crippen molar-refractivity contribution in [3.8, 4) is 0 Å². The van der Waals surface area contributed by atoms with Gasteiger partial charge in [-0.2, -0.15) is 0 Å². The zero-order valence-corrected chi connectivity index (χ0v) is 17.5. The number of hydrogen-bond donors (Lipinski definition) is 0. The van der Waals surface area contributed by atoms with Gasteiger partial charge in [0.05, 0.1) is 0 Å². The number of anilines is 1. The molecule has 1 amide bonds. The Bertz CT molecular complexity index is 918. The van der Waals surface area contributed by atoms with Crippen molar-refractivity contribution in [2.75, 3.05) is 11.2 Å². The number of rotatable bonds is 3. The van der Waals surface area contributed by atoms with E-state index in [2.05, 4.69) is 40.2 Å². The molecule has 0 N–H and O–H groups in total. The lowest BCUT2D eigenvalue weighted by Crippen LogP contribution is -2.40. The number of nitrogens with zero attached hydrogens (tertiary/aromatic N) is 1. The first kappa shape index (κ1) is 18.5. The highest BCUT2D eigenvalue weighted by molar-refractivity contribution is 9.10. The zero-order valence-electron chi connectivity index (χ0n) is 15.1. The van der Waals surface area contributed by atoms with Crippen molar-refractivity contribution in [1.29, 1.82) is 0 Å². The van der Waals surface area contributed by atoms with E-state index < -0.39 is 0 Å². The van der Waals surface area contributed by atoms with Crippen LogP contribution in [0.25, 0.3) is 0 Å². The van der Waals surface area contributed by atoms with E-state index in [9.17, 15) is 9.59 Å². The summed E-state index contributed by atoms with van der Waals surface area (Å²) in [5.74, 6) is 0.109. The molecule has 0 saturated carbocycles. The summed E-state index contributed by atoms with van der Waals surface area (Å²) < 4.78 is 0.969. The van der Waals surface area contributed by atoms with Crippen LogP contribution in [0.4, 0.5) is 5.69 Å². The highest BCUT2D eigenvalue weighted by Crippen LogP contribution is 2.43. The molecule has 0 fully saturated rings. The van der Waals surface area contributed by atoms with Gasteiger partial charge < -0.3 is 0 Å². The van der Waals surface area contributed by atoms with E-state index in [1.165, 1.54) is 4.90 Å². The van der Waals surface area contributed by atoms with E-state index >= 15 is 0 Å². The average molecular weight is 442 g/mol. The van der Waals surface area contributed by atoms with Gasteiger partial charge >= 0.3 is 0 Å². The number of ketones is 1. The Morgan fingerprint density at radius 1 is 1.00 bits per heavy atom. The molecule has 27 heavy (non-hydrogen) atoms. The summed E-state index contributed by atoms with van der Waals surface area (Å²) in [7, 11) is 0. The number of benzene rings is 2. The molecule has 0 spiro atoms. The summed E-state index contributed by atoms with van der Waals surface area (Å²) in [5.41, 5.74) is 3.62. The van der Waals surface area contributed by atoms with Crippen LogP contribution in [0.2, 0.25) is 0 Å². The molecule has 0 aromatic heterocycles. The summed E-state index contributed by atoms with van der Waals surface area (Å²) in [6.07, 6.45) is 4.51. The SMILES string of the molecule is CSc1ccc(C2CC(=O)N(c3ccc(Br)cc3)C3=C2C(=O)CCC3)cc1. The number of allylic oxidation sites excluding steroid dienone is 2. The van der Waals surface area contributed by atoms with Gasteiger partial charge in [-0.25, -0.2) is 0 Å². The molecule has 2 aliphatic rings. The third-order valence-electron chi connectivity index (χ3n) is 5.28. The van der Waals surface area contributed by atoms with Crippen LogP contribution in [-0.4, -0.2) is 17.9 Å². The highest BCUT2D eigenvalue weighted by Gasteiger charge is 2.39. The predicted molar refractivity (Wildman–Crippen MR) is 113 cm³/mol. The molecule has 2 aromatic rings. The Labute approximate surface area is 172 Å². The van der Waals surface area contributed by atoms with Gasteiger partial charge in [0, 0.05) is 45.1 Å². The number of Topliss-reactive ketones (excluding diaryl/α,β-unsaturated/α-hetero) is 1. The molecular weight excluding hydrogens is 422 g/mol. The van der Waals surface area contributed by atoms with E-state index in [1.807, 2.05) is 30.5 Å². The van der Waals surface area contributed by atoms with Crippen molar-refractivity contribution in [3.05, 3.63) is 69.8 Å². The van der Waals surface area contributed by atoms with Crippen LogP contribution in [0.15, 0.2) is 69.2 Å². The van der Waals surface area contributed by atoms with Gasteiger partial charge in [-0.05, 0) is 61.1 Å². The summed E-state index contributed by atoms with van der Waals surface area (Å²) in [5, 5.41) is 0. The normalized spacial score (nSPS) is 20.1. The van der Waals surface area contributed by atoms with Crippen LogP contribution in [0.1, 0.15) is 37.2 Å². The lowest BCUT2D eigenvalue weighted by molar-refractivity contribution is -0.119. The number of thioether (sulfide) groups is 1. The fourth-order valence-electron chi connectivity index (χ4n) is 4.00. The van der Waals surface area contributed by atoms with Crippen molar-refractivity contribution in [3.63, 3.8) is 0 Å². The molecule has 1 aliphatic heterocycles. The molecule has 1 heterocycles. The smallest absolute Gasteiger partial charge is 0.232 e. The fraction of sp³-hybridized carbons (Fsp3) is 0.273. The Balaban J connectivity index is 1.81. The monoisotopic (exact) mass is 441 g/mol. The molecule has 2 aromatic carbocycles. The fourth-order valence-corrected chi connectivity index (χ4v) is 4.68. The van der Waals surface area contributed by atoms with Gasteiger partial charge in [0.2, 0.25) is 5.91 Å². The summed E-state index contributed by atoms with van der Waals surface area (Å²) in [4.78, 5) is 28.9. The molecule has 1 atom stereocenters. The summed E-state index contributed by atoms with van der Waals surface area (Å²) in [6.45, 7) is 0. The van der Waals surface area contributed by atoms with Gasteiger partial charge in [-0.15, -0.1) is 11.8 Å². The minimum Gasteiger partial charge on any atom is -0.294 e. The number of carbonyl (C=O) groups excluding carboxylic acids is 2. The Hall–Kier alpha value is -1.85. The maximum atomic E-state index is 13.1. The van der Waals surface area contributed by atoms with Crippen LogP contribution < -0.4 is 4.90 Å². The zero-order chi connectivity index (χ0) is 19.0. The second kappa shape index (κ2) is 7.64. The van der Waals surface area contributed by atoms with Gasteiger partial charge in [0.1, 0.15) is 0 Å². The van der Waals surface area contributed by atoms with Crippen molar-refractivity contribution in [2.45, 2.75) is 36.5 Å². The maximum Gasteiger partial charge on any atom is 0.232 e. The molecule has 3 nitrogen and oxygen atoms in total.